The summed E-state index contributed by atoms with van der Waals surface area (Å²) in [5.74, 6) is 0. The Morgan fingerprint density at radius 2 is 1.89 bits per heavy atom. The second-order valence-corrected chi connectivity index (χ2v) is 7.00. The maximum atomic E-state index is 5.62. The Balaban J connectivity index is 1.70. The fourth-order valence-electron chi connectivity index (χ4n) is 3.08. The molecule has 3 aromatic rings. The van der Waals surface area contributed by atoms with Gasteiger partial charge in [0.15, 0.2) is 5.11 Å². The van der Waals surface area contributed by atoms with Gasteiger partial charge in [0.2, 0.25) is 0 Å². The number of rotatable bonds is 6. The zero-order chi connectivity index (χ0) is 19.4. The van der Waals surface area contributed by atoms with Crippen molar-refractivity contribution in [1.29, 1.82) is 0 Å². The molecule has 27 heavy (non-hydrogen) atoms. The molecule has 0 bridgehead atoms. The van der Waals surface area contributed by atoms with Gasteiger partial charge in [-0.2, -0.15) is 10.2 Å². The van der Waals surface area contributed by atoms with Crippen molar-refractivity contribution in [1.82, 2.24) is 24.5 Å². The molecule has 6 nitrogen and oxygen atoms in total. The van der Waals surface area contributed by atoms with Gasteiger partial charge in [0.25, 0.3) is 0 Å². The van der Waals surface area contributed by atoms with Gasteiger partial charge in [-0.05, 0) is 44.6 Å². The van der Waals surface area contributed by atoms with Crippen molar-refractivity contribution < 1.29 is 0 Å². The molecule has 0 saturated heterocycles. The normalized spacial score (nSPS) is 10.8. The maximum absolute atomic E-state index is 5.62. The molecule has 0 spiro atoms. The zero-order valence-corrected chi connectivity index (χ0v) is 17.1. The summed E-state index contributed by atoms with van der Waals surface area (Å²) >= 11 is 5.62. The van der Waals surface area contributed by atoms with Crippen LogP contribution in [0.1, 0.15) is 29.6 Å². The zero-order valence-electron chi connectivity index (χ0n) is 16.3. The molecule has 1 aromatic carbocycles. The molecule has 0 atom stereocenters. The molecule has 1 N–H and O–H groups in total. The van der Waals surface area contributed by atoms with Crippen LogP contribution in [0.25, 0.3) is 0 Å². The molecular formula is C20H26N6S. The van der Waals surface area contributed by atoms with Crippen LogP contribution in [0.3, 0.4) is 0 Å². The average molecular weight is 383 g/mol. The van der Waals surface area contributed by atoms with Gasteiger partial charge < -0.3 is 10.2 Å². The van der Waals surface area contributed by atoms with Gasteiger partial charge in [0.1, 0.15) is 0 Å². The minimum Gasteiger partial charge on any atom is -0.346 e. The van der Waals surface area contributed by atoms with Gasteiger partial charge in [0.05, 0.1) is 35.9 Å². The molecule has 0 fully saturated rings. The largest absolute Gasteiger partial charge is 0.346 e. The number of nitrogens with one attached hydrogen (secondary N) is 1. The lowest BCUT2D eigenvalue weighted by molar-refractivity contribution is 0.471. The van der Waals surface area contributed by atoms with Gasteiger partial charge in [0, 0.05) is 19.8 Å². The molecule has 0 unspecified atom stereocenters. The van der Waals surface area contributed by atoms with E-state index in [-0.39, 0.29) is 0 Å². The third-order valence-electron chi connectivity index (χ3n) is 4.64. The molecule has 0 amide bonds. The van der Waals surface area contributed by atoms with Gasteiger partial charge in [-0.25, -0.2) is 0 Å². The average Bonchev–Trinajstić information content (AvgIpc) is 3.22. The number of hydrogen-bond acceptors (Lipinski definition) is 3. The predicted molar refractivity (Wildman–Crippen MR) is 113 cm³/mol. The summed E-state index contributed by atoms with van der Waals surface area (Å²) < 4.78 is 4.00. The van der Waals surface area contributed by atoms with E-state index >= 15 is 0 Å². The van der Waals surface area contributed by atoms with Gasteiger partial charge in [-0.3, -0.25) is 9.36 Å². The van der Waals surface area contributed by atoms with E-state index in [1.807, 2.05) is 58.7 Å². The standard InChI is InChI=1S/C20H26N6S/c1-5-25-18(11-12-21-25)14-24(4)20(27)22-19-15(2)23-26(16(19)3)13-17-9-7-6-8-10-17/h6-12H,5,13-14H2,1-4H3,(H,22,27). The van der Waals surface area contributed by atoms with Crippen molar-refractivity contribution >= 4 is 23.0 Å². The second-order valence-electron chi connectivity index (χ2n) is 6.61. The third kappa shape index (κ3) is 4.36. The topological polar surface area (TPSA) is 50.9 Å². The molecule has 142 valence electrons. The Labute approximate surface area is 165 Å². The van der Waals surface area contributed by atoms with Crippen LogP contribution < -0.4 is 5.32 Å². The molecule has 0 aliphatic rings. The Hall–Kier alpha value is -2.67. The molecule has 2 heterocycles. The maximum Gasteiger partial charge on any atom is 0.173 e. The molecule has 2 aromatic heterocycles. The lowest BCUT2D eigenvalue weighted by Crippen LogP contribution is -2.31. The van der Waals surface area contributed by atoms with Gasteiger partial charge in [-0.15, -0.1) is 0 Å². The van der Waals surface area contributed by atoms with Crippen molar-refractivity contribution in [3.05, 3.63) is 65.2 Å². The van der Waals surface area contributed by atoms with Crippen LogP contribution >= 0.6 is 12.2 Å². The van der Waals surface area contributed by atoms with Crippen LogP contribution in [0.2, 0.25) is 0 Å². The van der Waals surface area contributed by atoms with Crippen LogP contribution in [-0.2, 0) is 19.6 Å². The van der Waals surface area contributed by atoms with E-state index in [1.165, 1.54) is 5.56 Å². The summed E-state index contributed by atoms with van der Waals surface area (Å²) in [7, 11) is 1.99. The Morgan fingerprint density at radius 1 is 1.15 bits per heavy atom. The first kappa shape index (κ1) is 19.1. The minimum absolute atomic E-state index is 0.671. The number of aromatic nitrogens is 4. The van der Waals surface area contributed by atoms with E-state index in [4.69, 9.17) is 12.2 Å². The van der Waals surface area contributed by atoms with Crippen LogP contribution in [0.4, 0.5) is 5.69 Å². The quantitative estimate of drug-likeness (QED) is 0.660. The minimum atomic E-state index is 0.671. The van der Waals surface area contributed by atoms with Crippen molar-refractivity contribution in [3.63, 3.8) is 0 Å². The highest BCUT2D eigenvalue weighted by atomic mass is 32.1. The summed E-state index contributed by atoms with van der Waals surface area (Å²) in [5.41, 5.74) is 5.36. The van der Waals surface area contributed by atoms with Crippen molar-refractivity contribution in [2.24, 2.45) is 0 Å². The third-order valence-corrected chi connectivity index (χ3v) is 5.05. The van der Waals surface area contributed by atoms with E-state index in [0.29, 0.717) is 11.7 Å². The summed E-state index contributed by atoms with van der Waals surface area (Å²) in [5, 5.41) is 13.0. The highest BCUT2D eigenvalue weighted by molar-refractivity contribution is 7.80. The number of anilines is 1. The first-order valence-electron chi connectivity index (χ1n) is 9.10. The first-order chi connectivity index (χ1) is 13.0. The molecule has 0 aliphatic heterocycles. The van der Waals surface area contributed by atoms with E-state index in [2.05, 4.69) is 41.5 Å². The van der Waals surface area contributed by atoms with Gasteiger partial charge >= 0.3 is 0 Å². The fourth-order valence-corrected chi connectivity index (χ4v) is 3.25. The Kier molecular flexibility index (Phi) is 5.91. The van der Waals surface area contributed by atoms with Crippen molar-refractivity contribution in [3.8, 4) is 0 Å². The molecular weight excluding hydrogens is 356 g/mol. The summed E-state index contributed by atoms with van der Waals surface area (Å²) in [6, 6.07) is 12.4. The number of thiocarbonyl (C=S) groups is 1. The van der Waals surface area contributed by atoms with Crippen LogP contribution in [0.5, 0.6) is 0 Å². The Bertz CT molecular complexity index is 912. The number of hydrogen-bond donors (Lipinski definition) is 1. The fraction of sp³-hybridized carbons (Fsp3) is 0.350. The van der Waals surface area contributed by atoms with E-state index in [0.717, 1.165) is 35.9 Å². The molecule has 3 rings (SSSR count). The molecule has 0 aliphatic carbocycles. The highest BCUT2D eigenvalue weighted by Gasteiger charge is 2.15. The van der Waals surface area contributed by atoms with Crippen molar-refractivity contribution in [2.75, 3.05) is 12.4 Å². The van der Waals surface area contributed by atoms with Crippen molar-refractivity contribution in [2.45, 2.75) is 40.4 Å². The van der Waals surface area contributed by atoms with Crippen LogP contribution in [-0.4, -0.2) is 36.6 Å². The van der Waals surface area contributed by atoms with Gasteiger partial charge in [-0.1, -0.05) is 30.3 Å². The van der Waals surface area contributed by atoms with Crippen LogP contribution in [0, 0.1) is 13.8 Å². The monoisotopic (exact) mass is 382 g/mol. The molecule has 0 radical (unpaired) electrons. The second kappa shape index (κ2) is 8.35. The van der Waals surface area contributed by atoms with Crippen LogP contribution in [0.15, 0.2) is 42.6 Å². The summed E-state index contributed by atoms with van der Waals surface area (Å²) in [6.07, 6.45) is 1.82. The van der Waals surface area contributed by atoms with E-state index in [9.17, 15) is 0 Å². The summed E-state index contributed by atoms with van der Waals surface area (Å²) in [6.45, 7) is 8.46. The first-order valence-corrected chi connectivity index (χ1v) is 9.51. The summed E-state index contributed by atoms with van der Waals surface area (Å²) in [4.78, 5) is 2.02. The molecule has 0 saturated carbocycles. The number of aryl methyl sites for hydroxylation is 2. The lowest BCUT2D eigenvalue weighted by atomic mass is 10.2. The predicted octanol–water partition coefficient (Wildman–Crippen LogP) is 3.59. The smallest absolute Gasteiger partial charge is 0.173 e. The lowest BCUT2D eigenvalue weighted by Gasteiger charge is -2.21. The van der Waals surface area contributed by atoms with E-state index in [1.54, 1.807) is 0 Å². The Morgan fingerprint density at radius 3 is 2.59 bits per heavy atom. The van der Waals surface area contributed by atoms with E-state index < -0.39 is 0 Å². The molecule has 7 heteroatoms. The number of benzene rings is 1. The number of nitrogens with zero attached hydrogens (tertiary/aromatic N) is 5. The highest BCUT2D eigenvalue weighted by Crippen LogP contribution is 2.21. The SMILES string of the molecule is CCn1nccc1CN(C)C(=S)Nc1c(C)nn(Cc2ccccc2)c1C.